The molecule has 112 valence electrons. The highest BCUT2D eigenvalue weighted by atomic mass is 15.1. The molecule has 21 heavy (non-hydrogen) atoms. The second-order valence-corrected chi connectivity index (χ2v) is 4.80. The molecule has 0 unspecified atom stereocenters. The molecule has 2 rings (SSSR count). The molecule has 0 spiro atoms. The first-order valence-corrected chi connectivity index (χ1v) is 7.21. The monoisotopic (exact) mass is 286 g/mol. The summed E-state index contributed by atoms with van der Waals surface area (Å²) in [6.45, 7) is 5.76. The van der Waals surface area contributed by atoms with E-state index in [1.54, 1.807) is 6.20 Å². The summed E-state index contributed by atoms with van der Waals surface area (Å²) in [6, 6.07) is 3.92. The Kier molecular flexibility index (Phi) is 5.31. The van der Waals surface area contributed by atoms with Crippen molar-refractivity contribution in [3.63, 3.8) is 0 Å². The predicted octanol–water partition coefficient (Wildman–Crippen LogP) is 2.24. The number of pyridine rings is 1. The summed E-state index contributed by atoms with van der Waals surface area (Å²) in [7, 11) is 0. The Bertz CT molecular complexity index is 570. The van der Waals surface area contributed by atoms with Gasteiger partial charge in [0.15, 0.2) is 0 Å². The van der Waals surface area contributed by atoms with Crippen LogP contribution in [-0.2, 0) is 6.42 Å². The molecule has 0 aliphatic carbocycles. The normalized spacial score (nSPS) is 10.4. The van der Waals surface area contributed by atoms with Crippen LogP contribution in [-0.4, -0.2) is 28.0 Å². The van der Waals surface area contributed by atoms with Crippen LogP contribution in [0.4, 0.5) is 17.5 Å². The van der Waals surface area contributed by atoms with Crippen LogP contribution in [0.15, 0.2) is 24.5 Å². The van der Waals surface area contributed by atoms with E-state index in [-0.39, 0.29) is 0 Å². The molecule has 0 aromatic carbocycles. The third-order valence-corrected chi connectivity index (χ3v) is 3.22. The summed E-state index contributed by atoms with van der Waals surface area (Å²) < 4.78 is 0. The number of rotatable bonds is 7. The molecule has 0 radical (unpaired) electrons. The van der Waals surface area contributed by atoms with Crippen molar-refractivity contribution in [2.45, 2.75) is 26.7 Å². The minimum Gasteiger partial charge on any atom is -0.384 e. The first-order valence-electron chi connectivity index (χ1n) is 7.21. The molecule has 2 aromatic rings. The smallest absolute Gasteiger partial charge is 0.222 e. The zero-order valence-electron chi connectivity index (χ0n) is 12.6. The zero-order valence-corrected chi connectivity index (χ0v) is 12.6. The van der Waals surface area contributed by atoms with Crippen LogP contribution >= 0.6 is 0 Å². The molecule has 6 heteroatoms. The topological polar surface area (TPSA) is 88.8 Å². The van der Waals surface area contributed by atoms with E-state index in [4.69, 9.17) is 5.73 Å². The average molecular weight is 286 g/mol. The standard InChI is InChI=1S/C15H22N6/c1-3-13-11(2)20-15(16)21-14(13)19-9-5-8-18-12-6-4-7-17-10-12/h4,6-7,10,18H,3,5,8-9H2,1-2H3,(H3,16,19,20,21). The van der Waals surface area contributed by atoms with Gasteiger partial charge in [0.2, 0.25) is 5.95 Å². The number of nitrogens with one attached hydrogen (secondary N) is 2. The summed E-state index contributed by atoms with van der Waals surface area (Å²) in [4.78, 5) is 12.5. The average Bonchev–Trinajstić information content (AvgIpc) is 2.47. The fraction of sp³-hybridized carbons (Fsp3) is 0.400. The number of nitrogen functional groups attached to an aromatic ring is 1. The van der Waals surface area contributed by atoms with Gasteiger partial charge in [-0.3, -0.25) is 4.98 Å². The van der Waals surface area contributed by atoms with E-state index in [9.17, 15) is 0 Å². The summed E-state index contributed by atoms with van der Waals surface area (Å²) >= 11 is 0. The van der Waals surface area contributed by atoms with Gasteiger partial charge >= 0.3 is 0 Å². The van der Waals surface area contributed by atoms with Crippen LogP contribution in [0.25, 0.3) is 0 Å². The Morgan fingerprint density at radius 2 is 2.00 bits per heavy atom. The maximum atomic E-state index is 5.71. The van der Waals surface area contributed by atoms with Gasteiger partial charge in [-0.05, 0) is 31.9 Å². The van der Waals surface area contributed by atoms with Crippen LogP contribution in [0, 0.1) is 6.92 Å². The van der Waals surface area contributed by atoms with Crippen molar-refractivity contribution in [1.82, 2.24) is 15.0 Å². The van der Waals surface area contributed by atoms with Crippen LogP contribution in [0.2, 0.25) is 0 Å². The van der Waals surface area contributed by atoms with Gasteiger partial charge in [-0.1, -0.05) is 6.92 Å². The van der Waals surface area contributed by atoms with Gasteiger partial charge in [0.05, 0.1) is 5.69 Å². The molecule has 0 aliphatic heterocycles. The van der Waals surface area contributed by atoms with E-state index >= 15 is 0 Å². The highest BCUT2D eigenvalue weighted by Gasteiger charge is 2.08. The first kappa shape index (κ1) is 15.0. The van der Waals surface area contributed by atoms with Gasteiger partial charge in [-0.2, -0.15) is 4.98 Å². The molecule has 2 heterocycles. The van der Waals surface area contributed by atoms with Gasteiger partial charge in [0.1, 0.15) is 5.82 Å². The second kappa shape index (κ2) is 7.42. The lowest BCUT2D eigenvalue weighted by Crippen LogP contribution is -2.13. The zero-order chi connectivity index (χ0) is 15.1. The van der Waals surface area contributed by atoms with Crippen molar-refractivity contribution in [1.29, 1.82) is 0 Å². The molecule has 0 saturated carbocycles. The number of nitrogens with zero attached hydrogens (tertiary/aromatic N) is 3. The molecule has 6 nitrogen and oxygen atoms in total. The molecule has 0 amide bonds. The van der Waals surface area contributed by atoms with E-state index in [1.165, 1.54) is 0 Å². The van der Waals surface area contributed by atoms with E-state index < -0.39 is 0 Å². The van der Waals surface area contributed by atoms with Gasteiger partial charge in [-0.15, -0.1) is 0 Å². The molecule has 0 aliphatic rings. The lowest BCUT2D eigenvalue weighted by Gasteiger charge is -2.12. The summed E-state index contributed by atoms with van der Waals surface area (Å²) in [5.74, 6) is 1.17. The van der Waals surface area contributed by atoms with Crippen molar-refractivity contribution < 1.29 is 0 Å². The lowest BCUT2D eigenvalue weighted by atomic mass is 10.1. The third-order valence-electron chi connectivity index (χ3n) is 3.22. The Hall–Kier alpha value is -2.37. The second-order valence-electron chi connectivity index (χ2n) is 4.80. The van der Waals surface area contributed by atoms with Gasteiger partial charge in [0.25, 0.3) is 0 Å². The molecule has 2 aromatic heterocycles. The Morgan fingerprint density at radius 1 is 1.19 bits per heavy atom. The minimum absolute atomic E-state index is 0.320. The largest absolute Gasteiger partial charge is 0.384 e. The summed E-state index contributed by atoms with van der Waals surface area (Å²) in [6.07, 6.45) is 5.45. The maximum Gasteiger partial charge on any atom is 0.222 e. The Labute approximate surface area is 125 Å². The number of aryl methyl sites for hydroxylation is 1. The van der Waals surface area contributed by atoms with Crippen molar-refractivity contribution in [2.75, 3.05) is 29.5 Å². The lowest BCUT2D eigenvalue weighted by molar-refractivity contribution is 0.892. The van der Waals surface area contributed by atoms with Crippen molar-refractivity contribution >= 4 is 17.5 Å². The summed E-state index contributed by atoms with van der Waals surface area (Å²) in [5.41, 5.74) is 8.82. The first-order chi connectivity index (χ1) is 10.2. The van der Waals surface area contributed by atoms with Crippen LogP contribution in [0.5, 0.6) is 0 Å². The van der Waals surface area contributed by atoms with Crippen LogP contribution in [0.3, 0.4) is 0 Å². The molecule has 0 atom stereocenters. The van der Waals surface area contributed by atoms with Gasteiger partial charge in [0, 0.05) is 36.7 Å². The van der Waals surface area contributed by atoms with E-state index in [1.807, 2.05) is 25.3 Å². The number of aromatic nitrogens is 3. The van der Waals surface area contributed by atoms with E-state index in [0.717, 1.165) is 48.7 Å². The molecule has 4 N–H and O–H groups in total. The number of nitrogens with two attached hydrogens (primary N) is 1. The molecule has 0 bridgehead atoms. The Balaban J connectivity index is 1.81. The highest BCUT2D eigenvalue weighted by molar-refractivity contribution is 5.49. The third kappa shape index (κ3) is 4.30. The SMILES string of the molecule is CCc1c(C)nc(N)nc1NCCCNc1cccnc1. The summed E-state index contributed by atoms with van der Waals surface area (Å²) in [5, 5.41) is 6.67. The Morgan fingerprint density at radius 3 is 2.71 bits per heavy atom. The predicted molar refractivity (Wildman–Crippen MR) is 86.4 cm³/mol. The highest BCUT2D eigenvalue weighted by Crippen LogP contribution is 2.17. The molecule has 0 fully saturated rings. The quantitative estimate of drug-likeness (QED) is 0.676. The number of hydrogen-bond acceptors (Lipinski definition) is 6. The van der Waals surface area contributed by atoms with Gasteiger partial charge < -0.3 is 16.4 Å². The van der Waals surface area contributed by atoms with Crippen LogP contribution in [0.1, 0.15) is 24.6 Å². The molecular formula is C15H22N6. The fourth-order valence-electron chi connectivity index (χ4n) is 2.18. The number of anilines is 3. The number of hydrogen-bond donors (Lipinski definition) is 3. The fourth-order valence-corrected chi connectivity index (χ4v) is 2.18. The minimum atomic E-state index is 0.320. The van der Waals surface area contributed by atoms with Gasteiger partial charge in [-0.25, -0.2) is 4.98 Å². The van der Waals surface area contributed by atoms with E-state index in [2.05, 4.69) is 32.5 Å². The van der Waals surface area contributed by atoms with Crippen LogP contribution < -0.4 is 16.4 Å². The molecule has 0 saturated heterocycles. The maximum absolute atomic E-state index is 5.71. The van der Waals surface area contributed by atoms with Crippen molar-refractivity contribution in [2.24, 2.45) is 0 Å². The van der Waals surface area contributed by atoms with Crippen molar-refractivity contribution in [3.05, 3.63) is 35.8 Å². The van der Waals surface area contributed by atoms with Crippen molar-refractivity contribution in [3.8, 4) is 0 Å². The van der Waals surface area contributed by atoms with E-state index in [0.29, 0.717) is 5.95 Å². The molecular weight excluding hydrogens is 264 g/mol.